The number of nitrogens with one attached hydrogen (secondary N) is 1. The number of benzene rings is 1. The molecular formula is C17H8Cl2N2O3S. The van der Waals surface area contributed by atoms with Gasteiger partial charge in [0.25, 0.3) is 11.1 Å². The van der Waals surface area contributed by atoms with Crippen molar-refractivity contribution in [3.63, 3.8) is 0 Å². The van der Waals surface area contributed by atoms with Crippen LogP contribution in [0.1, 0.15) is 5.76 Å². The van der Waals surface area contributed by atoms with Gasteiger partial charge in [-0.1, -0.05) is 29.3 Å². The highest BCUT2D eigenvalue weighted by atomic mass is 35.5. The third-order valence-electron chi connectivity index (χ3n) is 3.59. The summed E-state index contributed by atoms with van der Waals surface area (Å²) in [5.41, 5.74) is 2.17. The number of imide groups is 1. The average molecular weight is 391 g/mol. The molecule has 4 rings (SSSR count). The van der Waals surface area contributed by atoms with Crippen LogP contribution in [0, 0.1) is 0 Å². The predicted octanol–water partition coefficient (Wildman–Crippen LogP) is 5.13. The van der Waals surface area contributed by atoms with Crippen LogP contribution < -0.4 is 5.32 Å². The summed E-state index contributed by atoms with van der Waals surface area (Å²) >= 11 is 12.9. The first-order chi connectivity index (χ1) is 12.0. The Morgan fingerprint density at radius 2 is 1.96 bits per heavy atom. The number of hydrogen-bond acceptors (Lipinski definition) is 5. The number of aromatic nitrogens is 1. The molecule has 0 saturated carbocycles. The van der Waals surface area contributed by atoms with E-state index >= 15 is 0 Å². The molecule has 8 heteroatoms. The van der Waals surface area contributed by atoms with Gasteiger partial charge in [0.05, 0.1) is 15.0 Å². The minimum Gasteiger partial charge on any atom is -0.456 e. The zero-order chi connectivity index (χ0) is 17.6. The standard InChI is InChI=1S/C17H8Cl2N2O3S/c18-12-2-1-8(4-13(12)19)11-7-20-6-9-3-10(24-15(9)11)5-14-16(22)21-17(23)25-14/h1-7H,(H,21,22,23). The minimum absolute atomic E-state index is 0.285. The van der Waals surface area contributed by atoms with Gasteiger partial charge in [-0.2, -0.15) is 0 Å². The van der Waals surface area contributed by atoms with Crippen LogP contribution >= 0.6 is 35.0 Å². The van der Waals surface area contributed by atoms with Crippen molar-refractivity contribution >= 4 is 63.2 Å². The second-order valence-electron chi connectivity index (χ2n) is 5.24. The van der Waals surface area contributed by atoms with Gasteiger partial charge >= 0.3 is 0 Å². The van der Waals surface area contributed by atoms with Crippen molar-refractivity contribution in [1.29, 1.82) is 0 Å². The summed E-state index contributed by atoms with van der Waals surface area (Å²) in [6, 6.07) is 7.02. The fourth-order valence-electron chi connectivity index (χ4n) is 2.47. The van der Waals surface area contributed by atoms with Crippen molar-refractivity contribution in [2.45, 2.75) is 0 Å². The van der Waals surface area contributed by atoms with Gasteiger partial charge in [-0.3, -0.25) is 19.9 Å². The fourth-order valence-corrected chi connectivity index (χ4v) is 3.43. The average Bonchev–Trinajstić information content (AvgIpc) is 3.12. The van der Waals surface area contributed by atoms with Gasteiger partial charge in [0.15, 0.2) is 0 Å². The van der Waals surface area contributed by atoms with Crippen molar-refractivity contribution < 1.29 is 14.0 Å². The Morgan fingerprint density at radius 3 is 2.68 bits per heavy atom. The lowest BCUT2D eigenvalue weighted by Gasteiger charge is -2.03. The Labute approximate surface area is 156 Å². The number of hydrogen-bond donors (Lipinski definition) is 1. The molecule has 0 radical (unpaired) electrons. The molecule has 1 fully saturated rings. The molecule has 1 N–H and O–H groups in total. The molecule has 1 aliphatic rings. The number of pyridine rings is 1. The number of furan rings is 1. The molecule has 0 unspecified atom stereocenters. The minimum atomic E-state index is -0.432. The Morgan fingerprint density at radius 1 is 1.12 bits per heavy atom. The van der Waals surface area contributed by atoms with E-state index < -0.39 is 11.1 Å². The first-order valence-corrected chi connectivity index (χ1v) is 8.66. The van der Waals surface area contributed by atoms with E-state index in [0.717, 1.165) is 28.3 Å². The van der Waals surface area contributed by atoms with Crippen LogP contribution in [-0.2, 0) is 4.79 Å². The molecule has 0 atom stereocenters. The molecule has 0 bridgehead atoms. The van der Waals surface area contributed by atoms with Crippen LogP contribution in [0.3, 0.4) is 0 Å². The van der Waals surface area contributed by atoms with Crippen LogP contribution in [0.5, 0.6) is 0 Å². The third-order valence-corrected chi connectivity index (χ3v) is 5.14. The largest absolute Gasteiger partial charge is 0.456 e. The van der Waals surface area contributed by atoms with E-state index in [2.05, 4.69) is 10.3 Å². The SMILES string of the molecule is O=C1NC(=O)C(=Cc2cc3cncc(-c4ccc(Cl)c(Cl)c4)c3o2)S1. The molecule has 0 spiro atoms. The predicted molar refractivity (Wildman–Crippen MR) is 98.6 cm³/mol. The van der Waals surface area contributed by atoms with Gasteiger partial charge in [0.1, 0.15) is 11.3 Å². The number of carbonyl (C=O) groups is 2. The highest BCUT2D eigenvalue weighted by Gasteiger charge is 2.25. The monoisotopic (exact) mass is 390 g/mol. The number of rotatable bonds is 2. The van der Waals surface area contributed by atoms with Gasteiger partial charge < -0.3 is 4.42 Å². The maximum absolute atomic E-state index is 11.7. The Balaban J connectivity index is 1.81. The van der Waals surface area contributed by atoms with Crippen molar-refractivity contribution in [3.8, 4) is 11.1 Å². The van der Waals surface area contributed by atoms with E-state index in [-0.39, 0.29) is 4.91 Å². The summed E-state index contributed by atoms with van der Waals surface area (Å²) in [7, 11) is 0. The second-order valence-corrected chi connectivity index (χ2v) is 7.06. The lowest BCUT2D eigenvalue weighted by atomic mass is 10.1. The van der Waals surface area contributed by atoms with Crippen molar-refractivity contribution in [1.82, 2.24) is 10.3 Å². The van der Waals surface area contributed by atoms with Crippen LogP contribution in [0.25, 0.3) is 28.2 Å². The van der Waals surface area contributed by atoms with Gasteiger partial charge in [-0.25, -0.2) is 0 Å². The molecule has 1 saturated heterocycles. The number of carbonyl (C=O) groups excluding carboxylic acids is 2. The number of nitrogens with zero attached hydrogens (tertiary/aromatic N) is 1. The van der Waals surface area contributed by atoms with E-state index in [1.165, 1.54) is 6.08 Å². The molecule has 124 valence electrons. The van der Waals surface area contributed by atoms with Crippen LogP contribution in [0.4, 0.5) is 4.79 Å². The van der Waals surface area contributed by atoms with Crippen LogP contribution in [0.15, 0.2) is 46.0 Å². The number of amides is 2. The summed E-state index contributed by atoms with van der Waals surface area (Å²) in [5.74, 6) is 0.0231. The molecule has 25 heavy (non-hydrogen) atoms. The maximum Gasteiger partial charge on any atom is 0.290 e. The molecular weight excluding hydrogens is 383 g/mol. The number of fused-ring (bicyclic) bond motifs is 1. The van der Waals surface area contributed by atoms with Crippen molar-refractivity contribution in [2.75, 3.05) is 0 Å². The fraction of sp³-hybridized carbons (Fsp3) is 0. The Bertz CT molecular complexity index is 1070. The lowest BCUT2D eigenvalue weighted by molar-refractivity contribution is -0.115. The molecule has 2 aromatic heterocycles. The molecule has 3 aromatic rings. The van der Waals surface area contributed by atoms with Crippen molar-refractivity contribution in [3.05, 3.63) is 57.4 Å². The zero-order valence-electron chi connectivity index (χ0n) is 12.4. The maximum atomic E-state index is 11.7. The number of halogens is 2. The van der Waals surface area contributed by atoms with E-state index in [9.17, 15) is 9.59 Å². The molecule has 0 aliphatic carbocycles. The van der Waals surface area contributed by atoms with E-state index in [0.29, 0.717) is 21.4 Å². The Hall–Kier alpha value is -2.28. The second kappa shape index (κ2) is 6.22. The van der Waals surface area contributed by atoms with Gasteiger partial charge in [-0.05, 0) is 35.5 Å². The number of thioether (sulfide) groups is 1. The normalized spacial score (nSPS) is 16.0. The lowest BCUT2D eigenvalue weighted by Crippen LogP contribution is -2.17. The molecule has 1 aromatic carbocycles. The summed E-state index contributed by atoms with van der Waals surface area (Å²) in [5, 5.41) is 3.47. The van der Waals surface area contributed by atoms with Gasteiger partial charge in [0.2, 0.25) is 0 Å². The summed E-state index contributed by atoms with van der Waals surface area (Å²) in [4.78, 5) is 27.4. The molecule has 5 nitrogen and oxygen atoms in total. The summed E-state index contributed by atoms with van der Waals surface area (Å²) < 4.78 is 5.87. The highest BCUT2D eigenvalue weighted by molar-refractivity contribution is 8.18. The molecule has 1 aliphatic heterocycles. The summed E-state index contributed by atoms with van der Waals surface area (Å²) in [6.45, 7) is 0. The van der Waals surface area contributed by atoms with Crippen molar-refractivity contribution in [2.24, 2.45) is 0 Å². The Kier molecular flexibility index (Phi) is 4.03. The highest BCUT2D eigenvalue weighted by Crippen LogP contribution is 2.35. The summed E-state index contributed by atoms with van der Waals surface area (Å²) in [6.07, 6.45) is 4.86. The third kappa shape index (κ3) is 3.04. The van der Waals surface area contributed by atoms with Gasteiger partial charge in [0, 0.05) is 29.4 Å². The van der Waals surface area contributed by atoms with E-state index in [1.54, 1.807) is 30.6 Å². The first-order valence-electron chi connectivity index (χ1n) is 7.09. The zero-order valence-corrected chi connectivity index (χ0v) is 14.7. The van der Waals surface area contributed by atoms with Gasteiger partial charge in [-0.15, -0.1) is 0 Å². The topological polar surface area (TPSA) is 72.2 Å². The molecule has 2 amide bonds. The first kappa shape index (κ1) is 16.2. The van der Waals surface area contributed by atoms with Crippen LogP contribution in [0.2, 0.25) is 10.0 Å². The van der Waals surface area contributed by atoms with E-state index in [4.69, 9.17) is 27.6 Å². The smallest absolute Gasteiger partial charge is 0.290 e. The van der Waals surface area contributed by atoms with Crippen LogP contribution in [-0.4, -0.2) is 16.1 Å². The molecule has 3 heterocycles. The van der Waals surface area contributed by atoms with E-state index in [1.807, 2.05) is 6.07 Å². The quantitative estimate of drug-likeness (QED) is 0.614.